The summed E-state index contributed by atoms with van der Waals surface area (Å²) < 4.78 is 32.2. The molecule has 168 valence electrons. The number of nitrogens with zero attached hydrogens (tertiary/aromatic N) is 1. The first kappa shape index (κ1) is 23.0. The number of carbonyl (C=O) groups is 2. The van der Waals surface area contributed by atoms with Crippen LogP contribution in [0.1, 0.15) is 27.3 Å². The van der Waals surface area contributed by atoms with Gasteiger partial charge in [-0.05, 0) is 62.7 Å². The zero-order valence-corrected chi connectivity index (χ0v) is 18.6. The molecule has 2 aromatic carbocycles. The topological polar surface area (TPSA) is 127 Å². The molecule has 0 saturated heterocycles. The summed E-state index contributed by atoms with van der Waals surface area (Å²) in [6.07, 6.45) is 0. The number of hydrogen-bond donors (Lipinski definition) is 3. The van der Waals surface area contributed by atoms with Gasteiger partial charge in [-0.25, -0.2) is 13.2 Å². The molecule has 0 aliphatic rings. The molecule has 0 atom stereocenters. The van der Waals surface area contributed by atoms with Gasteiger partial charge in [0.2, 0.25) is 0 Å². The molecule has 0 aliphatic heterocycles. The monoisotopic (exact) mass is 457 g/mol. The van der Waals surface area contributed by atoms with Crippen molar-refractivity contribution >= 4 is 21.9 Å². The molecule has 3 aromatic rings. The lowest BCUT2D eigenvalue weighted by molar-refractivity contribution is -0.139. The summed E-state index contributed by atoms with van der Waals surface area (Å²) in [6.45, 7) is 4.69. The molecule has 0 bridgehead atoms. The van der Waals surface area contributed by atoms with Crippen molar-refractivity contribution in [3.8, 4) is 11.4 Å². The van der Waals surface area contributed by atoms with Gasteiger partial charge in [0, 0.05) is 17.1 Å². The van der Waals surface area contributed by atoms with E-state index in [1.165, 1.54) is 18.2 Å². The minimum absolute atomic E-state index is 0.104. The maximum Gasteiger partial charge on any atom is 0.341 e. The van der Waals surface area contributed by atoms with E-state index in [1.54, 1.807) is 19.9 Å². The third-order valence-electron chi connectivity index (χ3n) is 4.80. The number of aliphatic carboxylic acids is 1. The predicted molar refractivity (Wildman–Crippen MR) is 117 cm³/mol. The lowest BCUT2D eigenvalue weighted by Crippen LogP contribution is -2.41. The van der Waals surface area contributed by atoms with Crippen LogP contribution in [0, 0.1) is 20.8 Å². The predicted octanol–water partition coefficient (Wildman–Crippen LogP) is 2.49. The number of hydrazine groups is 1. The second-order valence-corrected chi connectivity index (χ2v) is 8.81. The third kappa shape index (κ3) is 4.98. The van der Waals surface area contributed by atoms with Gasteiger partial charge >= 0.3 is 5.97 Å². The molecule has 10 heteroatoms. The standard InChI is InChI=1S/C22H23N3O6S/c1-14-11-18(9-10-20(14)31-13-21(26)27)32(29,30)24-23-22(28)19-12-15(2)25(16(19)3)17-7-5-4-6-8-17/h4-12,24H,13H2,1-3H3,(H,23,28)(H,26,27). The summed E-state index contributed by atoms with van der Waals surface area (Å²) in [5, 5.41) is 8.70. The fourth-order valence-electron chi connectivity index (χ4n) is 3.30. The van der Waals surface area contributed by atoms with Gasteiger partial charge in [-0.2, -0.15) is 0 Å². The van der Waals surface area contributed by atoms with Crippen LogP contribution in [0.4, 0.5) is 0 Å². The zero-order valence-electron chi connectivity index (χ0n) is 17.7. The van der Waals surface area contributed by atoms with Gasteiger partial charge in [-0.15, -0.1) is 4.83 Å². The highest BCUT2D eigenvalue weighted by Crippen LogP contribution is 2.22. The van der Waals surface area contributed by atoms with E-state index in [-0.39, 0.29) is 10.6 Å². The van der Waals surface area contributed by atoms with Gasteiger partial charge in [0.25, 0.3) is 15.9 Å². The first-order chi connectivity index (χ1) is 15.1. The summed E-state index contributed by atoms with van der Waals surface area (Å²) in [4.78, 5) is 25.3. The fourth-order valence-corrected chi connectivity index (χ4v) is 4.22. The Hall–Kier alpha value is -3.63. The highest BCUT2D eigenvalue weighted by atomic mass is 32.2. The molecule has 0 radical (unpaired) electrons. The number of benzene rings is 2. The average molecular weight is 458 g/mol. The molecule has 1 heterocycles. The number of para-hydroxylation sites is 1. The lowest BCUT2D eigenvalue weighted by atomic mass is 10.2. The van der Waals surface area contributed by atoms with Crippen LogP contribution < -0.4 is 15.0 Å². The molecule has 3 N–H and O–H groups in total. The van der Waals surface area contributed by atoms with E-state index in [2.05, 4.69) is 10.3 Å². The van der Waals surface area contributed by atoms with Crippen LogP contribution in [0.15, 0.2) is 59.5 Å². The van der Waals surface area contributed by atoms with Crippen LogP contribution in [0.2, 0.25) is 0 Å². The molecule has 9 nitrogen and oxygen atoms in total. The van der Waals surface area contributed by atoms with Crippen molar-refractivity contribution in [1.82, 2.24) is 14.8 Å². The number of sulfonamides is 1. The molecule has 0 unspecified atom stereocenters. The van der Waals surface area contributed by atoms with Crippen LogP contribution in [0.5, 0.6) is 5.75 Å². The molecular weight excluding hydrogens is 434 g/mol. The smallest absolute Gasteiger partial charge is 0.341 e. The highest BCUT2D eigenvalue weighted by molar-refractivity contribution is 7.89. The number of aromatic nitrogens is 1. The molecule has 0 saturated carbocycles. The number of carbonyl (C=O) groups excluding carboxylic acids is 1. The average Bonchev–Trinajstić information content (AvgIpc) is 3.05. The van der Waals surface area contributed by atoms with Gasteiger partial charge in [-0.1, -0.05) is 18.2 Å². The molecular formula is C22H23N3O6S. The van der Waals surface area contributed by atoms with Gasteiger partial charge < -0.3 is 14.4 Å². The number of carboxylic acids is 1. The summed E-state index contributed by atoms with van der Waals surface area (Å²) in [6, 6.07) is 15.1. The SMILES string of the molecule is Cc1cc(S(=O)(=O)NNC(=O)c2cc(C)n(-c3ccccc3)c2C)ccc1OCC(=O)O. The van der Waals surface area contributed by atoms with Crippen LogP contribution in [0.25, 0.3) is 5.69 Å². The van der Waals surface area contributed by atoms with Crippen molar-refractivity contribution in [3.05, 3.63) is 77.1 Å². The molecule has 1 amide bonds. The number of rotatable bonds is 8. The van der Waals surface area contributed by atoms with Crippen molar-refractivity contribution < 1.29 is 27.9 Å². The van der Waals surface area contributed by atoms with Gasteiger partial charge in [0.15, 0.2) is 6.61 Å². The number of aryl methyl sites for hydroxylation is 2. The van der Waals surface area contributed by atoms with E-state index in [0.29, 0.717) is 16.8 Å². The minimum Gasteiger partial charge on any atom is -0.482 e. The van der Waals surface area contributed by atoms with Crippen molar-refractivity contribution in [3.63, 3.8) is 0 Å². The molecule has 32 heavy (non-hydrogen) atoms. The quantitative estimate of drug-likeness (QED) is 0.446. The van der Waals surface area contributed by atoms with E-state index in [1.807, 2.05) is 41.8 Å². The Bertz CT molecular complexity index is 1270. The van der Waals surface area contributed by atoms with Crippen LogP contribution in [-0.2, 0) is 14.8 Å². The third-order valence-corrected chi connectivity index (χ3v) is 6.04. The molecule has 0 fully saturated rings. The Morgan fingerprint density at radius 1 is 1.03 bits per heavy atom. The van der Waals surface area contributed by atoms with Gasteiger partial charge in [0.05, 0.1) is 10.5 Å². The molecule has 1 aromatic heterocycles. The second-order valence-electron chi connectivity index (χ2n) is 7.13. The Labute approximate surface area is 185 Å². The Balaban J connectivity index is 1.75. The molecule has 3 rings (SSSR count). The summed E-state index contributed by atoms with van der Waals surface area (Å²) in [5.74, 6) is -1.48. The number of nitrogens with one attached hydrogen (secondary N) is 2. The van der Waals surface area contributed by atoms with Crippen LogP contribution in [-0.4, -0.2) is 36.6 Å². The van der Waals surface area contributed by atoms with E-state index in [4.69, 9.17) is 9.84 Å². The number of ether oxygens (including phenoxy) is 1. The largest absolute Gasteiger partial charge is 0.482 e. The van der Waals surface area contributed by atoms with E-state index in [9.17, 15) is 18.0 Å². The highest BCUT2D eigenvalue weighted by Gasteiger charge is 2.20. The van der Waals surface area contributed by atoms with E-state index >= 15 is 0 Å². The minimum atomic E-state index is -4.06. The fraction of sp³-hybridized carbons (Fsp3) is 0.182. The van der Waals surface area contributed by atoms with Gasteiger partial charge in [0.1, 0.15) is 5.75 Å². The Kier molecular flexibility index (Phi) is 6.66. The Morgan fingerprint density at radius 3 is 2.34 bits per heavy atom. The summed E-state index contributed by atoms with van der Waals surface area (Å²) in [5.41, 5.74) is 5.41. The van der Waals surface area contributed by atoms with Crippen molar-refractivity contribution in [2.75, 3.05) is 6.61 Å². The first-order valence-corrected chi connectivity index (χ1v) is 11.1. The van der Waals surface area contributed by atoms with E-state index < -0.39 is 28.5 Å². The van der Waals surface area contributed by atoms with Crippen LogP contribution >= 0.6 is 0 Å². The number of hydrogen-bond acceptors (Lipinski definition) is 5. The van der Waals surface area contributed by atoms with Crippen molar-refractivity contribution in [2.24, 2.45) is 0 Å². The first-order valence-electron chi connectivity index (χ1n) is 9.62. The lowest BCUT2D eigenvalue weighted by Gasteiger charge is -2.12. The number of carboxylic acid groups (broad SMARTS) is 1. The van der Waals surface area contributed by atoms with Gasteiger partial charge in [-0.3, -0.25) is 10.2 Å². The maximum absolute atomic E-state index is 12.7. The molecule has 0 spiro atoms. The number of amides is 1. The normalized spacial score (nSPS) is 11.2. The second kappa shape index (κ2) is 9.25. The maximum atomic E-state index is 12.7. The van der Waals surface area contributed by atoms with Crippen LogP contribution in [0.3, 0.4) is 0 Å². The summed E-state index contributed by atoms with van der Waals surface area (Å²) >= 11 is 0. The van der Waals surface area contributed by atoms with Crippen molar-refractivity contribution in [2.45, 2.75) is 25.7 Å². The molecule has 0 aliphatic carbocycles. The van der Waals surface area contributed by atoms with Crippen molar-refractivity contribution in [1.29, 1.82) is 0 Å². The summed E-state index contributed by atoms with van der Waals surface area (Å²) in [7, 11) is -4.06. The zero-order chi connectivity index (χ0) is 23.5. The van der Waals surface area contributed by atoms with E-state index in [0.717, 1.165) is 11.4 Å². The Morgan fingerprint density at radius 2 is 1.72 bits per heavy atom.